The Morgan fingerprint density at radius 1 is 1.12 bits per heavy atom. The quantitative estimate of drug-likeness (QED) is 0.673. The highest BCUT2D eigenvalue weighted by Gasteiger charge is 2.23. The third kappa shape index (κ3) is 4.50. The summed E-state index contributed by atoms with van der Waals surface area (Å²) in [5.41, 5.74) is 0.800. The van der Waals surface area contributed by atoms with Gasteiger partial charge in [-0.05, 0) is 26.0 Å². The maximum absolute atomic E-state index is 12.1. The molecule has 0 spiro atoms. The van der Waals surface area contributed by atoms with E-state index >= 15 is 0 Å². The highest BCUT2D eigenvalue weighted by Crippen LogP contribution is 2.38. The predicted octanol–water partition coefficient (Wildman–Crippen LogP) is 1.99. The van der Waals surface area contributed by atoms with Gasteiger partial charge in [-0.15, -0.1) is 5.10 Å². The SMILES string of the molecule is CCOC(=O)CCOc1c(OC)cccc1-c1n[nH]nc1C(=O)OCC. The van der Waals surface area contributed by atoms with Crippen LogP contribution in [0.2, 0.25) is 0 Å². The number of ether oxygens (including phenoxy) is 4. The Balaban J connectivity index is 2.31. The molecule has 1 aromatic carbocycles. The first-order chi connectivity index (χ1) is 12.6. The van der Waals surface area contributed by atoms with E-state index in [1.165, 1.54) is 7.11 Å². The second-order valence-corrected chi connectivity index (χ2v) is 4.98. The molecule has 0 amide bonds. The first-order valence-corrected chi connectivity index (χ1v) is 8.16. The van der Waals surface area contributed by atoms with Crippen LogP contribution in [0.15, 0.2) is 18.2 Å². The van der Waals surface area contributed by atoms with Gasteiger partial charge in [-0.25, -0.2) is 4.79 Å². The number of aromatic nitrogens is 3. The lowest BCUT2D eigenvalue weighted by Crippen LogP contribution is -2.11. The van der Waals surface area contributed by atoms with Crippen LogP contribution in [0.5, 0.6) is 11.5 Å². The molecular weight excluding hydrogens is 342 g/mol. The summed E-state index contributed by atoms with van der Waals surface area (Å²) in [5.74, 6) is -0.183. The predicted molar refractivity (Wildman–Crippen MR) is 91.1 cm³/mol. The summed E-state index contributed by atoms with van der Waals surface area (Å²) < 4.78 is 20.9. The zero-order valence-corrected chi connectivity index (χ0v) is 14.9. The smallest absolute Gasteiger partial charge is 0.361 e. The van der Waals surface area contributed by atoms with E-state index in [9.17, 15) is 9.59 Å². The number of carbonyl (C=O) groups is 2. The zero-order valence-electron chi connectivity index (χ0n) is 14.9. The van der Waals surface area contributed by atoms with Gasteiger partial charge in [0.2, 0.25) is 0 Å². The largest absolute Gasteiger partial charge is 0.493 e. The Labute approximate surface area is 150 Å². The Morgan fingerprint density at radius 3 is 2.58 bits per heavy atom. The molecule has 140 valence electrons. The molecule has 0 saturated heterocycles. The summed E-state index contributed by atoms with van der Waals surface area (Å²) in [6.45, 7) is 4.04. The number of carbonyl (C=O) groups excluding carboxylic acids is 2. The summed E-state index contributed by atoms with van der Waals surface area (Å²) in [6, 6.07) is 5.14. The third-order valence-electron chi connectivity index (χ3n) is 3.33. The molecule has 2 rings (SSSR count). The van der Waals surface area contributed by atoms with Crippen molar-refractivity contribution in [3.05, 3.63) is 23.9 Å². The normalized spacial score (nSPS) is 10.3. The molecule has 1 N–H and O–H groups in total. The first-order valence-electron chi connectivity index (χ1n) is 8.16. The number of esters is 2. The number of para-hydroxylation sites is 1. The molecule has 0 bridgehead atoms. The minimum absolute atomic E-state index is 0.0374. The number of nitrogens with one attached hydrogen (secondary N) is 1. The van der Waals surface area contributed by atoms with E-state index in [0.717, 1.165) is 0 Å². The van der Waals surface area contributed by atoms with Gasteiger partial charge in [0, 0.05) is 0 Å². The maximum atomic E-state index is 12.1. The topological polar surface area (TPSA) is 113 Å². The summed E-state index contributed by atoms with van der Waals surface area (Å²) in [4.78, 5) is 23.6. The molecule has 0 saturated carbocycles. The molecule has 9 heteroatoms. The average molecular weight is 363 g/mol. The molecule has 0 aliphatic rings. The van der Waals surface area contributed by atoms with Gasteiger partial charge in [-0.3, -0.25) is 4.79 Å². The Hall–Kier alpha value is -3.10. The molecule has 2 aromatic rings. The van der Waals surface area contributed by atoms with Crippen molar-refractivity contribution < 1.29 is 28.5 Å². The van der Waals surface area contributed by atoms with Crippen molar-refractivity contribution in [2.75, 3.05) is 26.9 Å². The molecule has 0 fully saturated rings. The van der Waals surface area contributed by atoms with Crippen LogP contribution in [-0.4, -0.2) is 54.3 Å². The highest BCUT2D eigenvalue weighted by molar-refractivity contribution is 5.95. The second-order valence-electron chi connectivity index (χ2n) is 4.98. The van der Waals surface area contributed by atoms with Crippen LogP contribution in [0, 0.1) is 0 Å². The van der Waals surface area contributed by atoms with E-state index in [-0.39, 0.29) is 37.0 Å². The number of benzene rings is 1. The van der Waals surface area contributed by atoms with E-state index in [1.54, 1.807) is 32.0 Å². The van der Waals surface area contributed by atoms with Crippen LogP contribution < -0.4 is 9.47 Å². The van der Waals surface area contributed by atoms with Crippen LogP contribution in [-0.2, 0) is 14.3 Å². The van der Waals surface area contributed by atoms with Gasteiger partial charge >= 0.3 is 11.9 Å². The fraction of sp³-hybridized carbons (Fsp3) is 0.412. The van der Waals surface area contributed by atoms with Gasteiger partial charge in [-0.1, -0.05) is 6.07 Å². The van der Waals surface area contributed by atoms with Crippen molar-refractivity contribution in [1.82, 2.24) is 15.4 Å². The standard InChI is InChI=1S/C17H21N3O6/c1-4-24-13(21)9-10-26-16-11(7-6-8-12(16)23-3)14-15(19-20-18-14)17(22)25-5-2/h6-8H,4-5,9-10H2,1-3H3,(H,18,19,20). The Kier molecular flexibility index (Phi) is 6.95. The summed E-state index contributed by atoms with van der Waals surface area (Å²) in [6.07, 6.45) is 0.0783. The lowest BCUT2D eigenvalue weighted by Gasteiger charge is -2.14. The fourth-order valence-corrected chi connectivity index (χ4v) is 2.24. The van der Waals surface area contributed by atoms with E-state index < -0.39 is 5.97 Å². The van der Waals surface area contributed by atoms with Gasteiger partial charge < -0.3 is 18.9 Å². The number of nitrogens with zero attached hydrogens (tertiary/aromatic N) is 2. The summed E-state index contributed by atoms with van der Waals surface area (Å²) in [5, 5.41) is 10.3. The molecule has 0 radical (unpaired) electrons. The third-order valence-corrected chi connectivity index (χ3v) is 3.33. The van der Waals surface area contributed by atoms with E-state index in [1.807, 2.05) is 0 Å². The lowest BCUT2D eigenvalue weighted by atomic mass is 10.1. The van der Waals surface area contributed by atoms with Gasteiger partial charge in [-0.2, -0.15) is 10.3 Å². The van der Waals surface area contributed by atoms with Crippen LogP contribution in [0.1, 0.15) is 30.8 Å². The Morgan fingerprint density at radius 2 is 1.88 bits per heavy atom. The Bertz CT molecular complexity index is 759. The number of hydrogen-bond acceptors (Lipinski definition) is 8. The maximum Gasteiger partial charge on any atom is 0.361 e. The summed E-state index contributed by atoms with van der Waals surface area (Å²) in [7, 11) is 1.49. The van der Waals surface area contributed by atoms with Crippen LogP contribution in [0.4, 0.5) is 0 Å². The van der Waals surface area contributed by atoms with Crippen molar-refractivity contribution in [1.29, 1.82) is 0 Å². The minimum atomic E-state index is -0.600. The van der Waals surface area contributed by atoms with Gasteiger partial charge in [0.25, 0.3) is 0 Å². The van der Waals surface area contributed by atoms with Crippen molar-refractivity contribution >= 4 is 11.9 Å². The van der Waals surface area contributed by atoms with Gasteiger partial charge in [0.1, 0.15) is 5.69 Å². The van der Waals surface area contributed by atoms with Crippen molar-refractivity contribution in [2.45, 2.75) is 20.3 Å². The van der Waals surface area contributed by atoms with E-state index in [0.29, 0.717) is 23.7 Å². The highest BCUT2D eigenvalue weighted by atomic mass is 16.5. The van der Waals surface area contributed by atoms with E-state index in [2.05, 4.69) is 15.4 Å². The number of methoxy groups -OCH3 is 1. The van der Waals surface area contributed by atoms with Crippen LogP contribution in [0.3, 0.4) is 0 Å². The van der Waals surface area contributed by atoms with Gasteiger partial charge in [0.15, 0.2) is 17.2 Å². The fourth-order valence-electron chi connectivity index (χ4n) is 2.24. The first kappa shape index (κ1) is 19.2. The second kappa shape index (κ2) is 9.40. The lowest BCUT2D eigenvalue weighted by molar-refractivity contribution is -0.143. The molecular formula is C17H21N3O6. The number of rotatable bonds is 9. The van der Waals surface area contributed by atoms with Crippen molar-refractivity contribution in [3.63, 3.8) is 0 Å². The minimum Gasteiger partial charge on any atom is -0.493 e. The van der Waals surface area contributed by atoms with Crippen molar-refractivity contribution in [3.8, 4) is 22.8 Å². The molecule has 1 heterocycles. The van der Waals surface area contributed by atoms with Crippen LogP contribution >= 0.6 is 0 Å². The van der Waals surface area contributed by atoms with Crippen molar-refractivity contribution in [2.24, 2.45) is 0 Å². The average Bonchev–Trinajstić information content (AvgIpc) is 3.12. The molecule has 0 aliphatic heterocycles. The van der Waals surface area contributed by atoms with E-state index in [4.69, 9.17) is 18.9 Å². The molecule has 1 aromatic heterocycles. The molecule has 9 nitrogen and oxygen atoms in total. The summed E-state index contributed by atoms with van der Waals surface area (Å²) >= 11 is 0. The molecule has 26 heavy (non-hydrogen) atoms. The molecule has 0 atom stereocenters. The molecule has 0 aliphatic carbocycles. The molecule has 0 unspecified atom stereocenters. The van der Waals surface area contributed by atoms with Crippen LogP contribution in [0.25, 0.3) is 11.3 Å². The zero-order chi connectivity index (χ0) is 18.9. The van der Waals surface area contributed by atoms with Gasteiger partial charge in [0.05, 0.1) is 38.9 Å². The number of hydrogen-bond donors (Lipinski definition) is 1. The monoisotopic (exact) mass is 363 g/mol. The number of H-pyrrole nitrogens is 1. The number of aromatic amines is 1.